The Labute approximate surface area is 80.8 Å². The molecule has 0 saturated heterocycles. The number of carbonyl (C=O) groups is 1. The summed E-state index contributed by atoms with van der Waals surface area (Å²) in [7, 11) is 0. The minimum Gasteiger partial charge on any atom is -0.480 e. The number of hydrogen-bond acceptors (Lipinski definition) is 3. The number of nitrogens with zero attached hydrogens (tertiary/aromatic N) is 1. The van der Waals surface area contributed by atoms with Crippen molar-refractivity contribution in [1.82, 2.24) is 0 Å². The maximum Gasteiger partial charge on any atom is 0.326 e. The van der Waals surface area contributed by atoms with Crippen molar-refractivity contribution in [3.63, 3.8) is 0 Å². The minimum atomic E-state index is -0.884. The van der Waals surface area contributed by atoms with Crippen molar-refractivity contribution in [1.29, 1.82) is 5.26 Å². The van der Waals surface area contributed by atoms with Crippen molar-refractivity contribution in [3.05, 3.63) is 29.3 Å². The quantitative estimate of drug-likeness (QED) is 0.689. The van der Waals surface area contributed by atoms with Crippen molar-refractivity contribution >= 4 is 11.7 Å². The molecular weight excluding hydrogens is 180 g/mol. The molecule has 1 aromatic carbocycles. The Morgan fingerprint density at radius 3 is 3.07 bits per heavy atom. The number of nitrogens with one attached hydrogen (secondary N) is 1. The summed E-state index contributed by atoms with van der Waals surface area (Å²) >= 11 is 0. The van der Waals surface area contributed by atoms with Crippen molar-refractivity contribution in [3.8, 4) is 6.07 Å². The molecule has 0 aromatic heterocycles. The molecule has 1 aliphatic rings. The molecule has 0 spiro atoms. The van der Waals surface area contributed by atoms with E-state index in [2.05, 4.69) is 11.4 Å². The summed E-state index contributed by atoms with van der Waals surface area (Å²) in [4.78, 5) is 10.7. The van der Waals surface area contributed by atoms with Crippen molar-refractivity contribution < 1.29 is 9.90 Å². The molecule has 4 nitrogen and oxygen atoms in total. The van der Waals surface area contributed by atoms with Gasteiger partial charge in [-0.05, 0) is 17.7 Å². The van der Waals surface area contributed by atoms with E-state index >= 15 is 0 Å². The van der Waals surface area contributed by atoms with E-state index in [1.54, 1.807) is 18.2 Å². The molecule has 70 valence electrons. The van der Waals surface area contributed by atoms with Crippen LogP contribution in [0.25, 0.3) is 0 Å². The van der Waals surface area contributed by atoms with E-state index < -0.39 is 12.0 Å². The fourth-order valence-electron chi connectivity index (χ4n) is 1.64. The number of carboxylic acids is 1. The monoisotopic (exact) mass is 188 g/mol. The first-order valence-corrected chi connectivity index (χ1v) is 4.23. The van der Waals surface area contributed by atoms with Gasteiger partial charge in [-0.1, -0.05) is 6.07 Å². The molecule has 1 aromatic rings. The third kappa shape index (κ3) is 1.19. The van der Waals surface area contributed by atoms with Crippen molar-refractivity contribution in [2.45, 2.75) is 12.5 Å². The second kappa shape index (κ2) is 3.04. The SMILES string of the molecule is N#Cc1cccc2c1C[C@@H](C(=O)O)N2. The predicted octanol–water partition coefficient (Wildman–Crippen LogP) is 0.979. The van der Waals surface area contributed by atoms with Gasteiger partial charge in [0, 0.05) is 12.1 Å². The number of nitriles is 1. The third-order valence-corrected chi connectivity index (χ3v) is 2.33. The number of benzene rings is 1. The Kier molecular flexibility index (Phi) is 1.86. The molecule has 1 heterocycles. The number of aliphatic carboxylic acids is 1. The van der Waals surface area contributed by atoms with Gasteiger partial charge in [-0.15, -0.1) is 0 Å². The summed E-state index contributed by atoms with van der Waals surface area (Å²) in [5, 5.41) is 20.5. The van der Waals surface area contributed by atoms with Gasteiger partial charge in [-0.3, -0.25) is 0 Å². The van der Waals surface area contributed by atoms with Gasteiger partial charge in [0.05, 0.1) is 11.6 Å². The zero-order valence-corrected chi connectivity index (χ0v) is 7.32. The van der Waals surface area contributed by atoms with Gasteiger partial charge in [0.15, 0.2) is 0 Å². The van der Waals surface area contributed by atoms with Gasteiger partial charge in [-0.25, -0.2) is 4.79 Å². The van der Waals surface area contributed by atoms with Crippen LogP contribution in [0.3, 0.4) is 0 Å². The van der Waals surface area contributed by atoms with Crippen LogP contribution in [0.4, 0.5) is 5.69 Å². The van der Waals surface area contributed by atoms with Crippen LogP contribution in [0.15, 0.2) is 18.2 Å². The van der Waals surface area contributed by atoms with E-state index in [0.29, 0.717) is 12.0 Å². The first-order chi connectivity index (χ1) is 6.72. The van der Waals surface area contributed by atoms with Crippen LogP contribution < -0.4 is 5.32 Å². The van der Waals surface area contributed by atoms with Gasteiger partial charge in [0.1, 0.15) is 6.04 Å². The first kappa shape index (κ1) is 8.57. The minimum absolute atomic E-state index is 0.383. The van der Waals surface area contributed by atoms with E-state index in [1.165, 1.54) is 0 Å². The van der Waals surface area contributed by atoms with Crippen LogP contribution in [0, 0.1) is 11.3 Å². The summed E-state index contributed by atoms with van der Waals surface area (Å²) in [5.74, 6) is -0.884. The molecule has 14 heavy (non-hydrogen) atoms. The molecule has 0 amide bonds. The highest BCUT2D eigenvalue weighted by Crippen LogP contribution is 2.28. The van der Waals surface area contributed by atoms with Crippen LogP contribution in [0.5, 0.6) is 0 Å². The van der Waals surface area contributed by atoms with E-state index in [4.69, 9.17) is 10.4 Å². The Morgan fingerprint density at radius 1 is 1.64 bits per heavy atom. The number of carboxylic acid groups (broad SMARTS) is 1. The number of hydrogen-bond donors (Lipinski definition) is 2. The third-order valence-electron chi connectivity index (χ3n) is 2.33. The van der Waals surface area contributed by atoms with Crippen molar-refractivity contribution in [2.75, 3.05) is 5.32 Å². The maximum atomic E-state index is 10.7. The highest BCUT2D eigenvalue weighted by atomic mass is 16.4. The Hall–Kier alpha value is -2.02. The molecular formula is C10H8N2O2. The lowest BCUT2D eigenvalue weighted by Gasteiger charge is -2.03. The van der Waals surface area contributed by atoms with Crippen LogP contribution >= 0.6 is 0 Å². The van der Waals surface area contributed by atoms with Crippen LogP contribution in [0.1, 0.15) is 11.1 Å². The highest BCUT2D eigenvalue weighted by Gasteiger charge is 2.27. The lowest BCUT2D eigenvalue weighted by Crippen LogP contribution is -2.26. The van der Waals surface area contributed by atoms with Gasteiger partial charge in [0.25, 0.3) is 0 Å². The molecule has 0 bridgehead atoms. The van der Waals surface area contributed by atoms with E-state index in [0.717, 1.165) is 11.3 Å². The molecule has 1 atom stereocenters. The van der Waals surface area contributed by atoms with Gasteiger partial charge >= 0.3 is 5.97 Å². The normalized spacial score (nSPS) is 18.1. The van der Waals surface area contributed by atoms with Crippen LogP contribution in [-0.2, 0) is 11.2 Å². The molecule has 1 aliphatic heterocycles. The predicted molar refractivity (Wildman–Crippen MR) is 49.9 cm³/mol. The van der Waals surface area contributed by atoms with Gasteiger partial charge in [-0.2, -0.15) is 5.26 Å². The molecule has 0 saturated carbocycles. The van der Waals surface area contributed by atoms with Crippen molar-refractivity contribution in [2.24, 2.45) is 0 Å². The topological polar surface area (TPSA) is 73.1 Å². The Balaban J connectivity index is 2.40. The molecule has 0 fully saturated rings. The van der Waals surface area contributed by atoms with E-state index in [1.807, 2.05) is 0 Å². The van der Waals surface area contributed by atoms with Crippen LogP contribution in [-0.4, -0.2) is 17.1 Å². The fourth-order valence-corrected chi connectivity index (χ4v) is 1.64. The average Bonchev–Trinajstić information content (AvgIpc) is 2.60. The lowest BCUT2D eigenvalue weighted by molar-refractivity contribution is -0.137. The standard InChI is InChI=1S/C10H8N2O2/c11-5-6-2-1-3-8-7(6)4-9(12-8)10(13)14/h1-3,9,12H,4H2,(H,13,14)/t9-/m0/s1. The molecule has 0 unspecified atom stereocenters. The number of fused-ring (bicyclic) bond motifs is 1. The molecule has 0 radical (unpaired) electrons. The summed E-state index contributed by atoms with van der Waals surface area (Å²) in [5.41, 5.74) is 2.12. The Morgan fingerprint density at radius 2 is 2.43 bits per heavy atom. The van der Waals surface area contributed by atoms with Gasteiger partial charge in [0.2, 0.25) is 0 Å². The second-order valence-corrected chi connectivity index (χ2v) is 3.18. The largest absolute Gasteiger partial charge is 0.480 e. The second-order valence-electron chi connectivity index (χ2n) is 3.18. The smallest absolute Gasteiger partial charge is 0.326 e. The number of anilines is 1. The highest BCUT2D eigenvalue weighted by molar-refractivity contribution is 5.82. The molecule has 2 N–H and O–H groups in total. The molecule has 0 aliphatic carbocycles. The summed E-state index contributed by atoms with van der Waals surface area (Å²) in [6.07, 6.45) is 0.383. The van der Waals surface area contributed by atoms with E-state index in [9.17, 15) is 4.79 Å². The fraction of sp³-hybridized carbons (Fsp3) is 0.200. The Bertz CT molecular complexity index is 434. The maximum absolute atomic E-state index is 10.7. The lowest BCUT2D eigenvalue weighted by atomic mass is 10.0. The van der Waals surface area contributed by atoms with E-state index in [-0.39, 0.29) is 0 Å². The number of rotatable bonds is 1. The average molecular weight is 188 g/mol. The van der Waals surface area contributed by atoms with Gasteiger partial charge < -0.3 is 10.4 Å². The van der Waals surface area contributed by atoms with Crippen LogP contribution in [0.2, 0.25) is 0 Å². The molecule has 4 heteroatoms. The first-order valence-electron chi connectivity index (χ1n) is 4.23. The zero-order valence-electron chi connectivity index (χ0n) is 7.32. The molecule has 2 rings (SSSR count). The summed E-state index contributed by atoms with van der Waals surface area (Å²) < 4.78 is 0. The summed E-state index contributed by atoms with van der Waals surface area (Å²) in [6.45, 7) is 0. The zero-order chi connectivity index (χ0) is 10.1. The summed E-state index contributed by atoms with van der Waals surface area (Å²) in [6, 6.07) is 6.69.